The van der Waals surface area contributed by atoms with Crippen LogP contribution in [-0.4, -0.2) is 55.2 Å². The third kappa shape index (κ3) is 7.89. The van der Waals surface area contributed by atoms with E-state index in [-0.39, 0.29) is 30.4 Å². The van der Waals surface area contributed by atoms with Gasteiger partial charge in [0.1, 0.15) is 5.75 Å². The molecule has 2 aliphatic rings. The summed E-state index contributed by atoms with van der Waals surface area (Å²) in [7, 11) is 1.91. The van der Waals surface area contributed by atoms with Crippen molar-refractivity contribution in [1.29, 1.82) is 0 Å². The normalized spacial score (nSPS) is 24.8. The highest BCUT2D eigenvalue weighted by Crippen LogP contribution is 2.28. The van der Waals surface area contributed by atoms with E-state index in [0.29, 0.717) is 27.8 Å². The third-order valence-electron chi connectivity index (χ3n) is 6.59. The van der Waals surface area contributed by atoms with Crippen LogP contribution in [0.5, 0.6) is 5.75 Å². The highest BCUT2D eigenvalue weighted by molar-refractivity contribution is 6.42. The summed E-state index contributed by atoms with van der Waals surface area (Å²) in [4.78, 5) is 31.8. The molecule has 0 bridgehead atoms. The standard InChI is InChI=1S/C25H35Cl2N3O3/c1-3-4-19-8-5-17(14-28-19)15-30(2)25(32)18-6-9-20(10-7-18)29-24(31)16-33-21-11-12-22(26)23(27)13-21/h11-14,17-20H,3-10,15-16H2,1-2H3,(H,29,31)/t17?,18-,19?,20-. The second-order valence-corrected chi connectivity index (χ2v) is 10.1. The first-order valence-electron chi connectivity index (χ1n) is 12.0. The van der Waals surface area contributed by atoms with Gasteiger partial charge in [0.05, 0.1) is 10.0 Å². The monoisotopic (exact) mass is 495 g/mol. The number of hydrogen-bond donors (Lipinski definition) is 1. The summed E-state index contributed by atoms with van der Waals surface area (Å²) in [5.41, 5.74) is 0. The number of aliphatic imine (C=N–C) groups is 1. The summed E-state index contributed by atoms with van der Waals surface area (Å²) in [6, 6.07) is 5.44. The van der Waals surface area contributed by atoms with E-state index in [1.807, 2.05) is 11.9 Å². The van der Waals surface area contributed by atoms with Gasteiger partial charge in [-0.2, -0.15) is 0 Å². The predicted molar refractivity (Wildman–Crippen MR) is 133 cm³/mol. The summed E-state index contributed by atoms with van der Waals surface area (Å²) in [6.07, 6.45) is 9.79. The fourth-order valence-corrected chi connectivity index (χ4v) is 5.00. The van der Waals surface area contributed by atoms with Crippen molar-refractivity contribution >= 4 is 41.2 Å². The van der Waals surface area contributed by atoms with Crippen LogP contribution in [0.15, 0.2) is 23.2 Å². The van der Waals surface area contributed by atoms with E-state index in [0.717, 1.165) is 51.5 Å². The number of halogens is 2. The first-order chi connectivity index (χ1) is 15.9. The van der Waals surface area contributed by atoms with Crippen molar-refractivity contribution in [3.05, 3.63) is 28.2 Å². The van der Waals surface area contributed by atoms with E-state index in [1.165, 1.54) is 6.42 Å². The van der Waals surface area contributed by atoms with Crippen LogP contribution in [0.4, 0.5) is 0 Å². The topological polar surface area (TPSA) is 71.0 Å². The van der Waals surface area contributed by atoms with Gasteiger partial charge < -0.3 is 15.0 Å². The van der Waals surface area contributed by atoms with Crippen LogP contribution >= 0.6 is 23.2 Å². The van der Waals surface area contributed by atoms with Crippen LogP contribution in [0.25, 0.3) is 0 Å². The maximum Gasteiger partial charge on any atom is 0.258 e. The smallest absolute Gasteiger partial charge is 0.258 e. The largest absolute Gasteiger partial charge is 0.484 e. The number of amides is 2. The molecular weight excluding hydrogens is 461 g/mol. The van der Waals surface area contributed by atoms with Crippen molar-refractivity contribution < 1.29 is 14.3 Å². The van der Waals surface area contributed by atoms with Gasteiger partial charge >= 0.3 is 0 Å². The second kappa shape index (κ2) is 12.6. The molecule has 1 N–H and O–H groups in total. The van der Waals surface area contributed by atoms with Crippen LogP contribution < -0.4 is 10.1 Å². The van der Waals surface area contributed by atoms with Crippen LogP contribution in [-0.2, 0) is 9.59 Å². The predicted octanol–water partition coefficient (Wildman–Crippen LogP) is 5.16. The summed E-state index contributed by atoms with van der Waals surface area (Å²) >= 11 is 11.9. The maximum absolute atomic E-state index is 12.9. The molecule has 1 aliphatic carbocycles. The van der Waals surface area contributed by atoms with Crippen LogP contribution in [0.3, 0.4) is 0 Å². The highest BCUT2D eigenvalue weighted by atomic mass is 35.5. The Morgan fingerprint density at radius 3 is 2.52 bits per heavy atom. The molecular formula is C25H35Cl2N3O3. The van der Waals surface area contributed by atoms with Crippen molar-refractivity contribution in [1.82, 2.24) is 10.2 Å². The van der Waals surface area contributed by atoms with Crippen LogP contribution in [0.2, 0.25) is 10.0 Å². The van der Waals surface area contributed by atoms with Gasteiger partial charge in [-0.1, -0.05) is 36.5 Å². The average molecular weight is 496 g/mol. The lowest BCUT2D eigenvalue weighted by Crippen LogP contribution is -2.43. The minimum absolute atomic E-state index is 0.0315. The second-order valence-electron chi connectivity index (χ2n) is 9.28. The Hall–Kier alpha value is -1.79. The molecule has 1 fully saturated rings. The molecule has 33 heavy (non-hydrogen) atoms. The van der Waals surface area contributed by atoms with Crippen molar-refractivity contribution in [3.8, 4) is 5.75 Å². The van der Waals surface area contributed by atoms with Crippen molar-refractivity contribution in [3.63, 3.8) is 0 Å². The number of ether oxygens (including phenoxy) is 1. The molecule has 1 aliphatic heterocycles. The average Bonchev–Trinajstić information content (AvgIpc) is 2.81. The van der Waals surface area contributed by atoms with E-state index in [4.69, 9.17) is 27.9 Å². The fraction of sp³-hybridized carbons (Fsp3) is 0.640. The van der Waals surface area contributed by atoms with Gasteiger partial charge in [0.2, 0.25) is 5.91 Å². The Bertz CT molecular complexity index is 840. The fourth-order valence-electron chi connectivity index (χ4n) is 4.71. The Balaban J connectivity index is 1.36. The minimum Gasteiger partial charge on any atom is -0.484 e. The molecule has 1 aromatic carbocycles. The number of benzene rings is 1. The SMILES string of the molecule is CCCC1CCC(CN(C)C(=O)[C@H]2CC[C@H](NC(=O)COc3ccc(Cl)c(Cl)c3)CC2)C=N1. The number of carbonyl (C=O) groups is 2. The van der Waals surface area contributed by atoms with E-state index < -0.39 is 0 Å². The Labute approximate surface area is 207 Å². The molecule has 0 aromatic heterocycles. The van der Waals surface area contributed by atoms with Gasteiger partial charge in [-0.05, 0) is 57.1 Å². The van der Waals surface area contributed by atoms with Gasteiger partial charge in [0.15, 0.2) is 6.61 Å². The highest BCUT2D eigenvalue weighted by Gasteiger charge is 2.30. The van der Waals surface area contributed by atoms with Crippen LogP contribution in [0.1, 0.15) is 58.3 Å². The molecule has 3 rings (SSSR count). The number of nitrogens with zero attached hydrogens (tertiary/aromatic N) is 2. The van der Waals surface area contributed by atoms with Gasteiger partial charge in [-0.3, -0.25) is 14.6 Å². The van der Waals surface area contributed by atoms with E-state index >= 15 is 0 Å². The molecule has 1 heterocycles. The van der Waals surface area contributed by atoms with Crippen molar-refractivity contribution in [2.75, 3.05) is 20.2 Å². The molecule has 8 heteroatoms. The molecule has 2 amide bonds. The van der Waals surface area contributed by atoms with Crippen molar-refractivity contribution in [2.24, 2.45) is 16.8 Å². The number of rotatable bonds is 9. The lowest BCUT2D eigenvalue weighted by molar-refractivity contribution is -0.135. The van der Waals surface area contributed by atoms with Gasteiger partial charge in [-0.25, -0.2) is 0 Å². The molecule has 2 atom stereocenters. The van der Waals surface area contributed by atoms with Crippen LogP contribution in [0, 0.1) is 11.8 Å². The van der Waals surface area contributed by atoms with Gasteiger partial charge in [0.25, 0.3) is 5.91 Å². The molecule has 0 spiro atoms. The minimum atomic E-state index is -0.175. The molecule has 0 saturated heterocycles. The van der Waals surface area contributed by atoms with Gasteiger partial charge in [-0.15, -0.1) is 0 Å². The molecule has 1 aromatic rings. The lowest BCUT2D eigenvalue weighted by atomic mass is 9.85. The molecule has 182 valence electrons. The lowest BCUT2D eigenvalue weighted by Gasteiger charge is -2.32. The first kappa shape index (κ1) is 25.8. The number of nitrogens with one attached hydrogen (secondary N) is 1. The zero-order chi connectivity index (χ0) is 23.8. The quantitative estimate of drug-likeness (QED) is 0.514. The van der Waals surface area contributed by atoms with E-state index in [9.17, 15) is 9.59 Å². The Kier molecular flexibility index (Phi) is 9.87. The molecule has 6 nitrogen and oxygen atoms in total. The summed E-state index contributed by atoms with van der Waals surface area (Å²) in [5, 5.41) is 3.85. The number of hydrogen-bond acceptors (Lipinski definition) is 4. The number of carbonyl (C=O) groups excluding carboxylic acids is 2. The molecule has 1 saturated carbocycles. The molecule has 2 unspecified atom stereocenters. The third-order valence-corrected chi connectivity index (χ3v) is 7.33. The van der Waals surface area contributed by atoms with Gasteiger partial charge in [0, 0.05) is 49.8 Å². The summed E-state index contributed by atoms with van der Waals surface area (Å²) < 4.78 is 5.50. The van der Waals surface area contributed by atoms with E-state index in [1.54, 1.807) is 18.2 Å². The molecule has 0 radical (unpaired) electrons. The van der Waals surface area contributed by atoms with Crippen molar-refractivity contribution in [2.45, 2.75) is 70.4 Å². The first-order valence-corrected chi connectivity index (χ1v) is 12.8. The summed E-state index contributed by atoms with van der Waals surface area (Å²) in [6.45, 7) is 2.85. The zero-order valence-electron chi connectivity index (χ0n) is 19.6. The summed E-state index contributed by atoms with van der Waals surface area (Å²) in [5.74, 6) is 0.931. The maximum atomic E-state index is 12.9. The Morgan fingerprint density at radius 1 is 1.12 bits per heavy atom. The zero-order valence-corrected chi connectivity index (χ0v) is 21.1. The Morgan fingerprint density at radius 2 is 1.88 bits per heavy atom. The van der Waals surface area contributed by atoms with E-state index in [2.05, 4.69) is 23.4 Å².